The number of halogens is 2. The van der Waals surface area contributed by atoms with Crippen LogP contribution in [-0.2, 0) is 6.42 Å². The molecule has 0 amide bonds. The Balaban J connectivity index is 2.77. The minimum absolute atomic E-state index is 0.0468. The van der Waals surface area contributed by atoms with Crippen molar-refractivity contribution in [2.24, 2.45) is 0 Å². The molecule has 4 heteroatoms. The number of benzene rings is 1. The summed E-state index contributed by atoms with van der Waals surface area (Å²) in [5, 5.41) is 17.5. The third-order valence-corrected chi connectivity index (χ3v) is 1.60. The Morgan fingerprint density at radius 1 is 1.15 bits per heavy atom. The molecule has 1 unspecified atom stereocenters. The first-order chi connectivity index (χ1) is 6.11. The van der Waals surface area contributed by atoms with E-state index in [9.17, 15) is 8.78 Å². The van der Waals surface area contributed by atoms with Crippen LogP contribution in [0.2, 0.25) is 0 Å². The van der Waals surface area contributed by atoms with Crippen molar-refractivity contribution in [1.29, 1.82) is 0 Å². The largest absolute Gasteiger partial charge is 0.394 e. The van der Waals surface area contributed by atoms with Crippen LogP contribution in [0.3, 0.4) is 0 Å². The van der Waals surface area contributed by atoms with Crippen LogP contribution >= 0.6 is 0 Å². The van der Waals surface area contributed by atoms with Gasteiger partial charge in [0.1, 0.15) is 11.6 Å². The van der Waals surface area contributed by atoms with E-state index in [0.717, 1.165) is 18.2 Å². The highest BCUT2D eigenvalue weighted by atomic mass is 19.1. The lowest BCUT2D eigenvalue weighted by Crippen LogP contribution is -2.15. The number of rotatable bonds is 3. The molecule has 0 heterocycles. The highest BCUT2D eigenvalue weighted by Gasteiger charge is 2.06. The Labute approximate surface area is 74.4 Å². The van der Waals surface area contributed by atoms with E-state index in [1.54, 1.807) is 0 Å². The fraction of sp³-hybridized carbons (Fsp3) is 0.333. The van der Waals surface area contributed by atoms with E-state index in [0.29, 0.717) is 5.56 Å². The van der Waals surface area contributed by atoms with Crippen LogP contribution in [0.4, 0.5) is 8.78 Å². The molecule has 0 aliphatic rings. The summed E-state index contributed by atoms with van der Waals surface area (Å²) in [4.78, 5) is 0. The van der Waals surface area contributed by atoms with Gasteiger partial charge in [0.2, 0.25) is 0 Å². The third kappa shape index (κ3) is 3.08. The second-order valence-electron chi connectivity index (χ2n) is 2.82. The van der Waals surface area contributed by atoms with Gasteiger partial charge in [0.15, 0.2) is 0 Å². The molecule has 72 valence electrons. The first-order valence-corrected chi connectivity index (χ1v) is 3.85. The van der Waals surface area contributed by atoms with Gasteiger partial charge in [-0.05, 0) is 17.7 Å². The standard InChI is InChI=1S/C9H10F2O2/c10-7-1-6(2-8(11)4-7)3-9(13)5-12/h1-2,4,9,12-13H,3,5H2. The van der Waals surface area contributed by atoms with Crippen molar-refractivity contribution in [2.75, 3.05) is 6.61 Å². The lowest BCUT2D eigenvalue weighted by molar-refractivity contribution is 0.0954. The van der Waals surface area contributed by atoms with E-state index in [1.807, 2.05) is 0 Å². The second-order valence-corrected chi connectivity index (χ2v) is 2.82. The van der Waals surface area contributed by atoms with Gasteiger partial charge in [0, 0.05) is 12.5 Å². The van der Waals surface area contributed by atoms with Gasteiger partial charge in [0.25, 0.3) is 0 Å². The zero-order chi connectivity index (χ0) is 9.84. The van der Waals surface area contributed by atoms with Gasteiger partial charge in [-0.25, -0.2) is 8.78 Å². The topological polar surface area (TPSA) is 40.5 Å². The summed E-state index contributed by atoms with van der Waals surface area (Å²) in [7, 11) is 0. The summed E-state index contributed by atoms with van der Waals surface area (Å²) in [5.74, 6) is -1.36. The smallest absolute Gasteiger partial charge is 0.126 e. The normalized spacial score (nSPS) is 12.9. The Bertz CT molecular complexity index is 269. The molecule has 1 aromatic carbocycles. The highest BCUT2D eigenvalue weighted by Crippen LogP contribution is 2.09. The van der Waals surface area contributed by atoms with Gasteiger partial charge in [-0.1, -0.05) is 0 Å². The number of aliphatic hydroxyl groups excluding tert-OH is 2. The summed E-state index contributed by atoms with van der Waals surface area (Å²) < 4.78 is 25.2. The third-order valence-electron chi connectivity index (χ3n) is 1.60. The van der Waals surface area contributed by atoms with Crippen LogP contribution in [0.1, 0.15) is 5.56 Å². The Morgan fingerprint density at radius 2 is 1.69 bits per heavy atom. The lowest BCUT2D eigenvalue weighted by Gasteiger charge is -2.06. The van der Waals surface area contributed by atoms with E-state index in [4.69, 9.17) is 10.2 Å². The molecule has 0 aliphatic heterocycles. The monoisotopic (exact) mass is 188 g/mol. The molecule has 1 aromatic rings. The zero-order valence-electron chi connectivity index (χ0n) is 6.87. The molecule has 0 aromatic heterocycles. The van der Waals surface area contributed by atoms with Crippen LogP contribution < -0.4 is 0 Å². The number of aliphatic hydroxyl groups is 2. The van der Waals surface area contributed by atoms with Crippen molar-refractivity contribution < 1.29 is 19.0 Å². The van der Waals surface area contributed by atoms with E-state index in [1.165, 1.54) is 0 Å². The van der Waals surface area contributed by atoms with E-state index < -0.39 is 24.3 Å². The first kappa shape index (κ1) is 10.1. The maximum absolute atomic E-state index is 12.6. The average molecular weight is 188 g/mol. The molecule has 0 fully saturated rings. The fourth-order valence-corrected chi connectivity index (χ4v) is 1.07. The summed E-state index contributed by atoms with van der Waals surface area (Å²) in [6, 6.07) is 3.01. The van der Waals surface area contributed by atoms with Gasteiger partial charge >= 0.3 is 0 Å². The van der Waals surface area contributed by atoms with Crippen molar-refractivity contribution in [3.05, 3.63) is 35.4 Å². The van der Waals surface area contributed by atoms with Crippen LogP contribution in [-0.4, -0.2) is 22.9 Å². The maximum atomic E-state index is 12.6. The molecule has 0 radical (unpaired) electrons. The van der Waals surface area contributed by atoms with Crippen LogP contribution in [0, 0.1) is 11.6 Å². The summed E-state index contributed by atoms with van der Waals surface area (Å²) in [5.41, 5.74) is 0.332. The SMILES string of the molecule is OCC(O)Cc1cc(F)cc(F)c1. The lowest BCUT2D eigenvalue weighted by atomic mass is 10.1. The molecular weight excluding hydrogens is 178 g/mol. The van der Waals surface area contributed by atoms with Crippen molar-refractivity contribution in [1.82, 2.24) is 0 Å². The van der Waals surface area contributed by atoms with Crippen LogP contribution in [0.5, 0.6) is 0 Å². The Hall–Kier alpha value is -1.00. The Morgan fingerprint density at radius 3 is 2.15 bits per heavy atom. The van der Waals surface area contributed by atoms with E-state index in [2.05, 4.69) is 0 Å². The molecule has 1 rings (SSSR count). The van der Waals surface area contributed by atoms with Gasteiger partial charge in [-0.3, -0.25) is 0 Å². The van der Waals surface area contributed by atoms with Gasteiger partial charge < -0.3 is 10.2 Å². The molecule has 0 aliphatic carbocycles. The molecule has 2 nitrogen and oxygen atoms in total. The number of hydrogen-bond acceptors (Lipinski definition) is 2. The number of hydrogen-bond donors (Lipinski definition) is 2. The predicted octanol–water partition coefficient (Wildman–Crippen LogP) is 0.861. The molecule has 0 saturated carbocycles. The van der Waals surface area contributed by atoms with Gasteiger partial charge in [0.05, 0.1) is 12.7 Å². The quantitative estimate of drug-likeness (QED) is 0.738. The molecule has 13 heavy (non-hydrogen) atoms. The molecule has 0 spiro atoms. The van der Waals surface area contributed by atoms with Gasteiger partial charge in [-0.15, -0.1) is 0 Å². The van der Waals surface area contributed by atoms with Crippen molar-refractivity contribution in [3.63, 3.8) is 0 Å². The highest BCUT2D eigenvalue weighted by molar-refractivity contribution is 5.18. The average Bonchev–Trinajstić information content (AvgIpc) is 2.02. The minimum atomic E-state index is -0.971. The molecule has 0 bridgehead atoms. The van der Waals surface area contributed by atoms with Crippen molar-refractivity contribution in [3.8, 4) is 0 Å². The minimum Gasteiger partial charge on any atom is -0.394 e. The van der Waals surface area contributed by atoms with Gasteiger partial charge in [-0.2, -0.15) is 0 Å². The summed E-state index contributed by atoms with van der Waals surface area (Å²) in [6.07, 6.45) is -0.924. The molecule has 1 atom stereocenters. The summed E-state index contributed by atoms with van der Waals surface area (Å²) in [6.45, 7) is -0.419. The summed E-state index contributed by atoms with van der Waals surface area (Å²) >= 11 is 0. The zero-order valence-corrected chi connectivity index (χ0v) is 6.87. The molecule has 2 N–H and O–H groups in total. The first-order valence-electron chi connectivity index (χ1n) is 3.85. The van der Waals surface area contributed by atoms with E-state index in [-0.39, 0.29) is 6.42 Å². The fourth-order valence-electron chi connectivity index (χ4n) is 1.07. The Kier molecular flexibility index (Phi) is 3.33. The van der Waals surface area contributed by atoms with E-state index >= 15 is 0 Å². The van der Waals surface area contributed by atoms with Crippen molar-refractivity contribution in [2.45, 2.75) is 12.5 Å². The molecular formula is C9H10F2O2. The second kappa shape index (κ2) is 4.30. The molecule has 0 saturated heterocycles. The van der Waals surface area contributed by atoms with Crippen molar-refractivity contribution >= 4 is 0 Å². The predicted molar refractivity (Wildman–Crippen MR) is 43.2 cm³/mol. The van der Waals surface area contributed by atoms with Crippen LogP contribution in [0.15, 0.2) is 18.2 Å². The maximum Gasteiger partial charge on any atom is 0.126 e. The van der Waals surface area contributed by atoms with Crippen LogP contribution in [0.25, 0.3) is 0 Å².